The maximum absolute atomic E-state index is 11.9. The molecule has 138 valence electrons. The first-order valence-corrected chi connectivity index (χ1v) is 9.53. The summed E-state index contributed by atoms with van der Waals surface area (Å²) < 4.78 is 18.4. The van der Waals surface area contributed by atoms with Gasteiger partial charge in [-0.15, -0.1) is 0 Å². The van der Waals surface area contributed by atoms with Gasteiger partial charge in [-0.2, -0.15) is 0 Å². The van der Waals surface area contributed by atoms with Gasteiger partial charge in [0.25, 0.3) is 5.91 Å². The molecule has 3 aliphatic carbocycles. The van der Waals surface area contributed by atoms with E-state index >= 15 is 0 Å². The van der Waals surface area contributed by atoms with Gasteiger partial charge in [0.15, 0.2) is 6.29 Å². The van der Waals surface area contributed by atoms with Crippen LogP contribution in [-0.2, 0) is 28.8 Å². The molecule has 0 amide bonds. The maximum atomic E-state index is 11.9. The molecule has 25 heavy (non-hydrogen) atoms. The van der Waals surface area contributed by atoms with Crippen LogP contribution >= 0.6 is 0 Å². The fourth-order valence-electron chi connectivity index (χ4n) is 7.24. The molecule has 7 heteroatoms. The highest BCUT2D eigenvalue weighted by Gasteiger charge is 2.86. The summed E-state index contributed by atoms with van der Waals surface area (Å²) in [5.74, 6) is -1.47. The van der Waals surface area contributed by atoms with Crippen molar-refractivity contribution in [2.75, 3.05) is 6.54 Å². The van der Waals surface area contributed by atoms with Crippen molar-refractivity contribution in [3.05, 3.63) is 0 Å². The molecule has 1 N–H and O–H groups in total. The van der Waals surface area contributed by atoms with Gasteiger partial charge in [0, 0.05) is 29.1 Å². The highest BCUT2D eigenvalue weighted by atomic mass is 17.2. The number of hydrogen-bond donors (Lipinski definition) is 1. The molecular weight excluding hydrogens is 326 g/mol. The second-order valence-electron chi connectivity index (χ2n) is 9.16. The summed E-state index contributed by atoms with van der Waals surface area (Å²) in [5, 5.41) is 3.19. The normalized spacial score (nSPS) is 64.4. The van der Waals surface area contributed by atoms with E-state index < -0.39 is 18.0 Å². The van der Waals surface area contributed by atoms with Crippen LogP contribution in [0.15, 0.2) is 0 Å². The smallest absolute Gasteiger partial charge is 0.323 e. The number of esters is 1. The fourth-order valence-corrected chi connectivity index (χ4v) is 7.24. The molecule has 3 saturated carbocycles. The molecule has 7 aliphatic rings. The average Bonchev–Trinajstić information content (AvgIpc) is 2.79. The molecule has 4 aliphatic heterocycles. The number of fused-ring (bicyclic) bond motifs is 4. The van der Waals surface area contributed by atoms with E-state index in [0.717, 1.165) is 25.7 Å². The molecule has 0 radical (unpaired) electrons. The Morgan fingerprint density at radius 2 is 1.96 bits per heavy atom. The summed E-state index contributed by atoms with van der Waals surface area (Å²) in [4.78, 5) is 23.8. The third-order valence-corrected chi connectivity index (χ3v) is 8.44. The number of rotatable bonds is 0. The average molecular weight is 351 g/mol. The van der Waals surface area contributed by atoms with E-state index in [9.17, 15) is 4.79 Å². The molecule has 4 saturated heterocycles. The summed E-state index contributed by atoms with van der Waals surface area (Å²) in [7, 11) is 0. The Morgan fingerprint density at radius 1 is 1.12 bits per heavy atom. The van der Waals surface area contributed by atoms with Gasteiger partial charge in [-0.05, 0) is 32.1 Å². The van der Waals surface area contributed by atoms with E-state index in [4.69, 9.17) is 24.0 Å². The van der Waals surface area contributed by atoms with Gasteiger partial charge in [-0.3, -0.25) is 9.53 Å². The Kier molecular flexibility index (Phi) is 2.59. The third-order valence-electron chi connectivity index (χ3n) is 8.44. The van der Waals surface area contributed by atoms with E-state index in [0.29, 0.717) is 5.92 Å². The van der Waals surface area contributed by atoms with Gasteiger partial charge in [0.2, 0.25) is 5.79 Å². The Bertz CT molecular complexity index is 672. The number of nitrogens with one attached hydrogen (secondary N) is 1. The van der Waals surface area contributed by atoms with Crippen molar-refractivity contribution < 1.29 is 28.8 Å². The highest BCUT2D eigenvalue weighted by molar-refractivity contribution is 5.74. The first-order chi connectivity index (χ1) is 11.9. The van der Waals surface area contributed by atoms with Gasteiger partial charge < -0.3 is 9.47 Å². The Balaban J connectivity index is 1.54. The van der Waals surface area contributed by atoms with E-state index in [-0.39, 0.29) is 41.3 Å². The van der Waals surface area contributed by atoms with E-state index in [1.807, 2.05) is 6.92 Å². The Labute approximate surface area is 146 Å². The highest BCUT2D eigenvalue weighted by Crippen LogP contribution is 2.80. The van der Waals surface area contributed by atoms with Crippen molar-refractivity contribution >= 4 is 5.97 Å². The predicted molar refractivity (Wildman–Crippen MR) is 82.3 cm³/mol. The van der Waals surface area contributed by atoms with Gasteiger partial charge in [-0.25, -0.2) is 15.1 Å². The van der Waals surface area contributed by atoms with Crippen LogP contribution in [0, 0.1) is 28.6 Å². The van der Waals surface area contributed by atoms with Crippen molar-refractivity contribution in [1.82, 2.24) is 5.32 Å². The monoisotopic (exact) mass is 351 g/mol. The molecule has 4 heterocycles. The van der Waals surface area contributed by atoms with Crippen LogP contribution in [0.3, 0.4) is 0 Å². The summed E-state index contributed by atoms with van der Waals surface area (Å²) in [6.07, 6.45) is 3.51. The number of carbonyl (C=O) groups excluding carboxylic acids is 1. The van der Waals surface area contributed by atoms with Crippen molar-refractivity contribution in [2.45, 2.75) is 70.5 Å². The molecule has 7 nitrogen and oxygen atoms in total. The summed E-state index contributed by atoms with van der Waals surface area (Å²) in [6.45, 7) is 6.52. The van der Waals surface area contributed by atoms with Crippen LogP contribution in [-0.4, -0.2) is 36.6 Å². The molecule has 0 aromatic carbocycles. The van der Waals surface area contributed by atoms with E-state index in [2.05, 4.69) is 19.2 Å². The van der Waals surface area contributed by atoms with Crippen molar-refractivity contribution in [3.8, 4) is 0 Å². The number of ether oxygens (including phenoxy) is 3. The lowest BCUT2D eigenvalue weighted by atomic mass is 9.30. The van der Waals surface area contributed by atoms with Crippen molar-refractivity contribution in [2.24, 2.45) is 28.6 Å². The van der Waals surface area contributed by atoms with Crippen LogP contribution in [0.1, 0.15) is 46.5 Å². The summed E-state index contributed by atoms with van der Waals surface area (Å²) >= 11 is 0. The van der Waals surface area contributed by atoms with E-state index in [1.165, 1.54) is 0 Å². The van der Waals surface area contributed by atoms with Crippen molar-refractivity contribution in [3.63, 3.8) is 0 Å². The largest absolute Gasteiger partial charge is 0.417 e. The molecular formula is C18H25NO6. The minimum absolute atomic E-state index is 0.00106. The zero-order chi connectivity index (χ0) is 17.2. The van der Waals surface area contributed by atoms with Crippen LogP contribution in [0.5, 0.6) is 0 Å². The van der Waals surface area contributed by atoms with Crippen molar-refractivity contribution in [1.29, 1.82) is 0 Å². The molecule has 7 rings (SSSR count). The molecule has 9 atom stereocenters. The van der Waals surface area contributed by atoms with Gasteiger partial charge >= 0.3 is 5.97 Å². The lowest BCUT2D eigenvalue weighted by Gasteiger charge is -2.78. The van der Waals surface area contributed by atoms with Crippen LogP contribution in [0.2, 0.25) is 0 Å². The number of carbonyl (C=O) groups is 1. The third kappa shape index (κ3) is 1.45. The van der Waals surface area contributed by atoms with Gasteiger partial charge in [0.1, 0.15) is 6.10 Å². The minimum atomic E-state index is -1.12. The molecule has 7 fully saturated rings. The minimum Gasteiger partial charge on any atom is -0.417 e. The van der Waals surface area contributed by atoms with Gasteiger partial charge in [-0.1, -0.05) is 13.8 Å². The molecule has 3 spiro atoms. The summed E-state index contributed by atoms with van der Waals surface area (Å²) in [6, 6.07) is 0. The SMILES string of the molecule is C[C@@H]1CCC23C4OO[C@@]5(C)CCC41C2[C@H](OC1(NCC(=O)O1)[C@@H]3C)O5. The topological polar surface area (TPSA) is 75.2 Å². The zero-order valence-electron chi connectivity index (χ0n) is 14.9. The second kappa shape index (κ2) is 4.22. The maximum Gasteiger partial charge on any atom is 0.323 e. The Hall–Kier alpha value is -0.730. The van der Waals surface area contributed by atoms with Crippen LogP contribution < -0.4 is 5.32 Å². The lowest BCUT2D eigenvalue weighted by molar-refractivity contribution is -0.573. The molecule has 0 aromatic heterocycles. The summed E-state index contributed by atoms with van der Waals surface area (Å²) in [5.41, 5.74) is -0.131. The zero-order valence-corrected chi connectivity index (χ0v) is 14.9. The quantitative estimate of drug-likeness (QED) is 0.525. The number of hydrogen-bond acceptors (Lipinski definition) is 7. The van der Waals surface area contributed by atoms with Crippen LogP contribution in [0.25, 0.3) is 0 Å². The first-order valence-electron chi connectivity index (χ1n) is 9.53. The van der Waals surface area contributed by atoms with E-state index in [1.54, 1.807) is 0 Å². The predicted octanol–water partition coefficient (Wildman–Crippen LogP) is 1.67. The Morgan fingerprint density at radius 3 is 2.72 bits per heavy atom. The lowest BCUT2D eigenvalue weighted by Crippen LogP contribution is -2.84. The molecule has 3 bridgehead atoms. The fraction of sp³-hybridized carbons (Fsp3) is 0.944. The molecule has 0 aromatic rings. The standard InChI is InChI=1S/C18H25NO6/c1-9-4-5-17-10(2)18(19-8-11(20)21-18)23-13-12(17)16(9)7-6-15(3,22-13)25-24-14(16)17/h9-10,12-14,19H,4-8H2,1-3H3/t9-,10-,12?,13+,14?,15+,16?,17?,18?/m1/s1. The van der Waals surface area contributed by atoms with Crippen LogP contribution in [0.4, 0.5) is 0 Å². The first kappa shape index (κ1) is 15.3. The molecule has 5 unspecified atom stereocenters. The van der Waals surface area contributed by atoms with Gasteiger partial charge in [0.05, 0.1) is 6.54 Å². The second-order valence-corrected chi connectivity index (χ2v) is 9.16.